The van der Waals surface area contributed by atoms with Crippen molar-refractivity contribution in [3.05, 3.63) is 23.8 Å². The molecule has 24 heavy (non-hydrogen) atoms. The number of rotatable bonds is 3. The van der Waals surface area contributed by atoms with Gasteiger partial charge in [-0.05, 0) is 49.8 Å². The molecule has 1 N–H and O–H groups in total. The Labute approximate surface area is 141 Å². The summed E-state index contributed by atoms with van der Waals surface area (Å²) in [5.74, 6) is 2.12. The van der Waals surface area contributed by atoms with Gasteiger partial charge in [0.2, 0.25) is 12.7 Å². The van der Waals surface area contributed by atoms with Crippen LogP contribution in [-0.2, 0) is 11.2 Å². The molecule has 3 aliphatic heterocycles. The molecule has 1 aromatic rings. The highest BCUT2D eigenvalue weighted by molar-refractivity contribution is 5.83. The quantitative estimate of drug-likeness (QED) is 0.909. The van der Waals surface area contributed by atoms with Crippen LogP contribution in [0.5, 0.6) is 11.5 Å². The fourth-order valence-corrected chi connectivity index (χ4v) is 3.98. The Morgan fingerprint density at radius 2 is 2.33 bits per heavy atom. The van der Waals surface area contributed by atoms with Crippen LogP contribution in [-0.4, -0.2) is 42.8 Å². The van der Waals surface area contributed by atoms with E-state index in [9.17, 15) is 10.1 Å². The fourth-order valence-electron chi connectivity index (χ4n) is 3.98. The second kappa shape index (κ2) is 6.33. The maximum Gasteiger partial charge on any atom is 0.240 e. The Morgan fingerprint density at radius 3 is 3.21 bits per heavy atom. The third-order valence-electron chi connectivity index (χ3n) is 5.19. The van der Waals surface area contributed by atoms with Crippen molar-refractivity contribution in [3.8, 4) is 17.6 Å². The highest BCUT2D eigenvalue weighted by Gasteiger charge is 2.37. The van der Waals surface area contributed by atoms with Crippen LogP contribution in [0.3, 0.4) is 0 Å². The number of likely N-dealkylation sites (tertiary alicyclic amines) is 1. The Kier molecular flexibility index (Phi) is 4.03. The number of para-hydroxylation sites is 1. The molecule has 0 aliphatic carbocycles. The third kappa shape index (κ3) is 2.69. The van der Waals surface area contributed by atoms with Gasteiger partial charge in [0.25, 0.3) is 0 Å². The summed E-state index contributed by atoms with van der Waals surface area (Å²) < 4.78 is 11.0. The first-order chi connectivity index (χ1) is 11.8. The number of hydrogen-bond acceptors (Lipinski definition) is 5. The van der Waals surface area contributed by atoms with Gasteiger partial charge in [-0.3, -0.25) is 4.79 Å². The van der Waals surface area contributed by atoms with Gasteiger partial charge in [0.15, 0.2) is 11.5 Å². The molecule has 2 fully saturated rings. The smallest absolute Gasteiger partial charge is 0.240 e. The minimum absolute atomic E-state index is 0.0828. The lowest BCUT2D eigenvalue weighted by molar-refractivity contribution is -0.133. The third-order valence-corrected chi connectivity index (χ3v) is 5.19. The highest BCUT2D eigenvalue weighted by Crippen LogP contribution is 2.37. The summed E-state index contributed by atoms with van der Waals surface area (Å²) in [5.41, 5.74) is 1.14. The number of nitriles is 1. The Hall–Kier alpha value is -2.26. The van der Waals surface area contributed by atoms with Gasteiger partial charge in [-0.25, -0.2) is 0 Å². The summed E-state index contributed by atoms with van der Waals surface area (Å²) in [6.45, 7) is 1.80. The van der Waals surface area contributed by atoms with Gasteiger partial charge in [-0.1, -0.05) is 12.1 Å². The minimum atomic E-state index is -0.249. The molecular formula is C18H21N3O3. The molecule has 1 amide bonds. The van der Waals surface area contributed by atoms with Gasteiger partial charge in [-0.15, -0.1) is 0 Å². The lowest BCUT2D eigenvalue weighted by atomic mass is 9.95. The predicted octanol–water partition coefficient (Wildman–Crippen LogP) is 1.45. The molecule has 3 atom stereocenters. The van der Waals surface area contributed by atoms with Crippen LogP contribution in [0.2, 0.25) is 0 Å². The zero-order chi connectivity index (χ0) is 16.5. The second-order valence-corrected chi connectivity index (χ2v) is 6.74. The summed E-state index contributed by atoms with van der Waals surface area (Å²) in [5, 5.41) is 12.5. The van der Waals surface area contributed by atoms with Gasteiger partial charge in [0, 0.05) is 6.54 Å². The van der Waals surface area contributed by atoms with E-state index in [0.717, 1.165) is 49.3 Å². The number of nitrogens with one attached hydrogen (secondary N) is 1. The van der Waals surface area contributed by atoms with Crippen molar-refractivity contribution in [1.29, 1.82) is 5.26 Å². The van der Waals surface area contributed by atoms with Gasteiger partial charge in [-0.2, -0.15) is 5.26 Å². The molecule has 3 aliphatic rings. The van der Waals surface area contributed by atoms with E-state index in [4.69, 9.17) is 9.47 Å². The van der Waals surface area contributed by atoms with Crippen LogP contribution in [0.4, 0.5) is 0 Å². The molecule has 0 aromatic heterocycles. The average Bonchev–Trinajstić information content (AvgIpc) is 3.34. The van der Waals surface area contributed by atoms with Crippen molar-refractivity contribution in [1.82, 2.24) is 10.2 Å². The zero-order valence-corrected chi connectivity index (χ0v) is 13.5. The number of carbonyl (C=O) groups is 1. The largest absolute Gasteiger partial charge is 0.454 e. The van der Waals surface area contributed by atoms with Gasteiger partial charge >= 0.3 is 0 Å². The number of fused-ring (bicyclic) bond motifs is 1. The molecule has 2 unspecified atom stereocenters. The topological polar surface area (TPSA) is 74.6 Å². The summed E-state index contributed by atoms with van der Waals surface area (Å²) >= 11 is 0. The number of amides is 1. The number of carbonyl (C=O) groups excluding carboxylic acids is 1. The standard InChI is InChI=1S/C18H21N3O3/c19-9-14-4-2-6-21(14)18(22)15-8-12(10-20-15)7-13-3-1-5-16-17(13)24-11-23-16/h1,3,5,12,14-15,20H,2,4,6-8,10-11H2/t12?,14-,15?/m0/s1. The molecule has 3 heterocycles. The van der Waals surface area contributed by atoms with Crippen molar-refractivity contribution < 1.29 is 14.3 Å². The van der Waals surface area contributed by atoms with E-state index in [1.165, 1.54) is 0 Å². The van der Waals surface area contributed by atoms with E-state index in [1.54, 1.807) is 4.90 Å². The van der Waals surface area contributed by atoms with Crippen molar-refractivity contribution >= 4 is 5.91 Å². The SMILES string of the molecule is N#C[C@@H]1CCCN1C(=O)C1CC(Cc2cccc3c2OCO3)CN1. The minimum Gasteiger partial charge on any atom is -0.454 e. The van der Waals surface area contributed by atoms with Crippen molar-refractivity contribution in [3.63, 3.8) is 0 Å². The molecule has 126 valence electrons. The number of benzene rings is 1. The van der Waals surface area contributed by atoms with Crippen molar-refractivity contribution in [2.24, 2.45) is 5.92 Å². The molecule has 4 rings (SSSR count). The first-order valence-corrected chi connectivity index (χ1v) is 8.57. The molecule has 0 spiro atoms. The van der Waals surface area contributed by atoms with Crippen LogP contribution < -0.4 is 14.8 Å². The normalized spacial score (nSPS) is 28.1. The summed E-state index contributed by atoms with van der Waals surface area (Å²) in [7, 11) is 0. The van der Waals surface area contributed by atoms with Crippen molar-refractivity contribution in [2.45, 2.75) is 37.8 Å². The Morgan fingerprint density at radius 1 is 1.42 bits per heavy atom. The van der Waals surface area contributed by atoms with E-state index in [-0.39, 0.29) is 24.8 Å². The zero-order valence-electron chi connectivity index (χ0n) is 13.5. The monoisotopic (exact) mass is 327 g/mol. The number of nitrogens with zero attached hydrogens (tertiary/aromatic N) is 2. The summed E-state index contributed by atoms with van der Waals surface area (Å²) in [6, 6.07) is 7.79. The van der Waals surface area contributed by atoms with E-state index in [0.29, 0.717) is 12.5 Å². The Bertz CT molecular complexity index is 685. The number of ether oxygens (including phenoxy) is 2. The first-order valence-electron chi connectivity index (χ1n) is 8.57. The predicted molar refractivity (Wildman–Crippen MR) is 86.5 cm³/mol. The molecule has 2 saturated heterocycles. The van der Waals surface area contributed by atoms with Crippen LogP contribution in [0, 0.1) is 17.2 Å². The molecule has 6 nitrogen and oxygen atoms in total. The van der Waals surface area contributed by atoms with Gasteiger partial charge in [0.05, 0.1) is 12.1 Å². The van der Waals surface area contributed by atoms with E-state index in [2.05, 4.69) is 17.5 Å². The lowest BCUT2D eigenvalue weighted by Gasteiger charge is -2.23. The van der Waals surface area contributed by atoms with Crippen LogP contribution in [0.15, 0.2) is 18.2 Å². The fraction of sp³-hybridized carbons (Fsp3) is 0.556. The van der Waals surface area contributed by atoms with Crippen LogP contribution in [0.1, 0.15) is 24.8 Å². The van der Waals surface area contributed by atoms with Gasteiger partial charge in [0.1, 0.15) is 6.04 Å². The van der Waals surface area contributed by atoms with E-state index < -0.39 is 0 Å². The average molecular weight is 327 g/mol. The lowest BCUT2D eigenvalue weighted by Crippen LogP contribution is -2.45. The molecule has 6 heteroatoms. The second-order valence-electron chi connectivity index (χ2n) is 6.74. The van der Waals surface area contributed by atoms with Crippen LogP contribution in [0.25, 0.3) is 0 Å². The first kappa shape index (κ1) is 15.3. The van der Waals surface area contributed by atoms with Crippen LogP contribution >= 0.6 is 0 Å². The molecule has 1 aromatic carbocycles. The summed E-state index contributed by atoms with van der Waals surface area (Å²) in [4.78, 5) is 14.4. The molecule has 0 saturated carbocycles. The Balaban J connectivity index is 1.40. The van der Waals surface area contributed by atoms with Gasteiger partial charge < -0.3 is 19.7 Å². The van der Waals surface area contributed by atoms with E-state index >= 15 is 0 Å². The summed E-state index contributed by atoms with van der Waals surface area (Å²) in [6.07, 6.45) is 3.39. The highest BCUT2D eigenvalue weighted by atomic mass is 16.7. The van der Waals surface area contributed by atoms with E-state index in [1.807, 2.05) is 12.1 Å². The molecule has 0 radical (unpaired) electrons. The molecular weight excluding hydrogens is 306 g/mol. The maximum absolute atomic E-state index is 12.7. The maximum atomic E-state index is 12.7. The number of hydrogen-bond donors (Lipinski definition) is 1. The molecule has 0 bridgehead atoms. The van der Waals surface area contributed by atoms with Crippen molar-refractivity contribution in [2.75, 3.05) is 19.9 Å².